The molecule has 3 rings (SSSR count). The zero-order valence-electron chi connectivity index (χ0n) is 12.6. The zero-order chi connectivity index (χ0) is 16.1. The quantitative estimate of drug-likeness (QED) is 0.798. The summed E-state index contributed by atoms with van der Waals surface area (Å²) in [6.45, 7) is 3.24. The van der Waals surface area contributed by atoms with Crippen LogP contribution in [-0.2, 0) is 4.79 Å². The molecule has 2 N–H and O–H groups in total. The summed E-state index contributed by atoms with van der Waals surface area (Å²) in [4.78, 5) is 19.4. The van der Waals surface area contributed by atoms with Gasteiger partial charge in [-0.05, 0) is 26.1 Å². The van der Waals surface area contributed by atoms with Crippen LogP contribution in [0.1, 0.15) is 11.7 Å². The highest BCUT2D eigenvalue weighted by Crippen LogP contribution is 2.26. The molecule has 0 unspecified atom stereocenters. The van der Waals surface area contributed by atoms with Crippen LogP contribution >= 0.6 is 0 Å². The third-order valence-electron chi connectivity index (χ3n) is 3.58. The van der Waals surface area contributed by atoms with E-state index in [1.165, 1.54) is 0 Å². The summed E-state index contributed by atoms with van der Waals surface area (Å²) in [5.74, 6) is 0.822. The van der Waals surface area contributed by atoms with E-state index in [2.05, 4.69) is 14.9 Å². The minimum absolute atomic E-state index is 0.0461. The summed E-state index contributed by atoms with van der Waals surface area (Å²) in [7, 11) is 2.02. The zero-order valence-corrected chi connectivity index (χ0v) is 12.6. The number of carbonyl (C=O) groups is 1. The Morgan fingerprint density at radius 3 is 2.68 bits per heavy atom. The van der Waals surface area contributed by atoms with Crippen molar-refractivity contribution in [3.63, 3.8) is 0 Å². The maximum Gasteiger partial charge on any atom is 0.290 e. The van der Waals surface area contributed by atoms with E-state index in [0.29, 0.717) is 6.54 Å². The van der Waals surface area contributed by atoms with Gasteiger partial charge in [-0.1, -0.05) is 6.07 Å². The lowest BCUT2D eigenvalue weighted by atomic mass is 10.2. The maximum absolute atomic E-state index is 10.1. The Bertz CT molecular complexity index is 629. The molecule has 118 valence electrons. The van der Waals surface area contributed by atoms with Crippen molar-refractivity contribution < 1.29 is 15.0 Å². The van der Waals surface area contributed by atoms with Gasteiger partial charge in [-0.15, -0.1) is 0 Å². The van der Waals surface area contributed by atoms with Crippen molar-refractivity contribution in [1.82, 2.24) is 19.4 Å². The molecule has 0 aliphatic carbocycles. The molecule has 0 saturated carbocycles. The van der Waals surface area contributed by atoms with E-state index < -0.39 is 0 Å². The second kappa shape index (κ2) is 7.15. The summed E-state index contributed by atoms with van der Waals surface area (Å²) < 4.78 is 2.04. The molecule has 0 radical (unpaired) electrons. The number of rotatable bonds is 2. The number of pyridine rings is 1. The van der Waals surface area contributed by atoms with Gasteiger partial charge in [-0.2, -0.15) is 0 Å². The van der Waals surface area contributed by atoms with Gasteiger partial charge in [0.05, 0.1) is 12.1 Å². The first-order chi connectivity index (χ1) is 10.6. The van der Waals surface area contributed by atoms with Gasteiger partial charge in [-0.3, -0.25) is 4.79 Å². The third-order valence-corrected chi connectivity index (χ3v) is 3.58. The summed E-state index contributed by atoms with van der Waals surface area (Å²) >= 11 is 0. The summed E-state index contributed by atoms with van der Waals surface area (Å²) in [5.41, 5.74) is 1.82. The van der Waals surface area contributed by atoms with Crippen molar-refractivity contribution in [3.05, 3.63) is 36.3 Å². The Hall–Kier alpha value is -2.25. The van der Waals surface area contributed by atoms with E-state index in [1.807, 2.05) is 42.9 Å². The molecular weight excluding hydrogens is 284 g/mol. The van der Waals surface area contributed by atoms with Crippen molar-refractivity contribution in [3.8, 4) is 11.5 Å². The largest absolute Gasteiger partial charge is 0.483 e. The molecule has 1 saturated heterocycles. The number of hydrogen-bond donors (Lipinski definition) is 2. The number of likely N-dealkylation sites (tertiary alicyclic amines) is 1. The molecule has 7 nitrogen and oxygen atoms in total. The van der Waals surface area contributed by atoms with Crippen molar-refractivity contribution in [2.45, 2.75) is 19.1 Å². The van der Waals surface area contributed by atoms with E-state index >= 15 is 0 Å². The molecule has 2 atom stereocenters. The standard InChI is InChI=1S/C14H18N4O.CH2O2/c1-10-4-3-5-11(16-10)14-15-6-7-18(14)12-8-17(2)9-13(12)19;2-1-3/h3-7,12-13,19H,8-9H2,1-2H3;1H,(H,2,3)/t12-,13-;/m1./s1. The Morgan fingerprint density at radius 2 is 2.09 bits per heavy atom. The Labute approximate surface area is 128 Å². The molecule has 7 heteroatoms. The van der Waals surface area contributed by atoms with Crippen LogP contribution in [0, 0.1) is 6.92 Å². The van der Waals surface area contributed by atoms with Crippen LogP contribution in [0.2, 0.25) is 0 Å². The molecule has 0 bridgehead atoms. The minimum Gasteiger partial charge on any atom is -0.483 e. The molecule has 0 aromatic carbocycles. The average Bonchev–Trinajstić information content (AvgIpc) is 3.05. The smallest absolute Gasteiger partial charge is 0.290 e. The Balaban J connectivity index is 0.000000545. The second-order valence-corrected chi connectivity index (χ2v) is 5.28. The number of nitrogens with zero attached hydrogens (tertiary/aromatic N) is 4. The van der Waals surface area contributed by atoms with Crippen LogP contribution in [0.15, 0.2) is 30.6 Å². The number of β-amino-alcohol motifs (C(OH)–C–C–N with tert-alkyl or cyclic N) is 1. The van der Waals surface area contributed by atoms with Gasteiger partial charge in [0.1, 0.15) is 5.69 Å². The maximum atomic E-state index is 10.1. The molecule has 3 heterocycles. The van der Waals surface area contributed by atoms with Gasteiger partial charge in [0.2, 0.25) is 0 Å². The van der Waals surface area contributed by atoms with Crippen molar-refractivity contribution in [1.29, 1.82) is 0 Å². The lowest BCUT2D eigenvalue weighted by Crippen LogP contribution is -2.22. The highest BCUT2D eigenvalue weighted by molar-refractivity contribution is 5.50. The first-order valence-electron chi connectivity index (χ1n) is 6.98. The number of hydrogen-bond acceptors (Lipinski definition) is 5. The van der Waals surface area contributed by atoms with Gasteiger partial charge >= 0.3 is 0 Å². The summed E-state index contributed by atoms with van der Waals surface area (Å²) in [5, 5.41) is 17.0. The number of carboxylic acid groups (broad SMARTS) is 1. The van der Waals surface area contributed by atoms with E-state index in [-0.39, 0.29) is 18.6 Å². The lowest BCUT2D eigenvalue weighted by Gasteiger charge is -2.18. The van der Waals surface area contributed by atoms with Gasteiger partial charge in [0.15, 0.2) is 5.82 Å². The number of imidazole rings is 1. The molecule has 22 heavy (non-hydrogen) atoms. The molecule has 0 spiro atoms. The van der Waals surface area contributed by atoms with Crippen LogP contribution in [0.25, 0.3) is 11.5 Å². The number of likely N-dealkylation sites (N-methyl/N-ethyl adjacent to an activating group) is 1. The fourth-order valence-electron chi connectivity index (χ4n) is 2.68. The average molecular weight is 304 g/mol. The van der Waals surface area contributed by atoms with Crippen molar-refractivity contribution in [2.24, 2.45) is 0 Å². The Kier molecular flexibility index (Phi) is 5.24. The van der Waals surface area contributed by atoms with Gasteiger partial charge in [-0.25, -0.2) is 9.97 Å². The van der Waals surface area contributed by atoms with Crippen molar-refractivity contribution >= 4 is 6.47 Å². The van der Waals surface area contributed by atoms with Crippen LogP contribution in [0.3, 0.4) is 0 Å². The normalized spacial score (nSPS) is 21.2. The molecule has 1 aliphatic heterocycles. The van der Waals surface area contributed by atoms with E-state index in [0.717, 1.165) is 23.8 Å². The topological polar surface area (TPSA) is 91.5 Å². The van der Waals surface area contributed by atoms with Gasteiger partial charge < -0.3 is 19.7 Å². The molecule has 0 amide bonds. The van der Waals surface area contributed by atoms with Crippen LogP contribution in [-0.4, -0.2) is 62.4 Å². The minimum atomic E-state index is -0.359. The SMILES string of the molecule is Cc1cccc(-c2nccn2[C@@H]2CN(C)C[C@H]2O)n1.O=CO. The highest BCUT2D eigenvalue weighted by Gasteiger charge is 2.31. The van der Waals surface area contributed by atoms with Crippen LogP contribution < -0.4 is 0 Å². The fourth-order valence-corrected chi connectivity index (χ4v) is 2.68. The first-order valence-corrected chi connectivity index (χ1v) is 6.98. The van der Waals surface area contributed by atoms with E-state index in [9.17, 15) is 5.11 Å². The van der Waals surface area contributed by atoms with Gasteiger partial charge in [0, 0.05) is 31.2 Å². The predicted octanol–water partition coefficient (Wildman–Crippen LogP) is 0.802. The van der Waals surface area contributed by atoms with Crippen molar-refractivity contribution in [2.75, 3.05) is 20.1 Å². The first kappa shape index (κ1) is 16.1. The number of aromatic nitrogens is 3. The van der Waals surface area contributed by atoms with Crippen LogP contribution in [0.5, 0.6) is 0 Å². The number of aryl methyl sites for hydroxylation is 1. The molecular formula is C15H20N4O3. The monoisotopic (exact) mass is 304 g/mol. The summed E-state index contributed by atoms with van der Waals surface area (Å²) in [6.07, 6.45) is 3.33. The van der Waals surface area contributed by atoms with E-state index in [1.54, 1.807) is 6.20 Å². The lowest BCUT2D eigenvalue weighted by molar-refractivity contribution is -0.122. The molecule has 1 fully saturated rings. The number of aliphatic hydroxyl groups is 1. The highest BCUT2D eigenvalue weighted by atomic mass is 16.3. The third kappa shape index (κ3) is 3.49. The predicted molar refractivity (Wildman–Crippen MR) is 81.4 cm³/mol. The fraction of sp³-hybridized carbons (Fsp3) is 0.400. The van der Waals surface area contributed by atoms with Crippen LogP contribution in [0.4, 0.5) is 0 Å². The summed E-state index contributed by atoms with van der Waals surface area (Å²) in [6, 6.07) is 5.95. The van der Waals surface area contributed by atoms with E-state index in [4.69, 9.17) is 9.90 Å². The Morgan fingerprint density at radius 1 is 1.36 bits per heavy atom. The molecule has 1 aliphatic rings. The number of aliphatic hydroxyl groups excluding tert-OH is 1. The molecule has 2 aromatic heterocycles. The van der Waals surface area contributed by atoms with Gasteiger partial charge in [0.25, 0.3) is 6.47 Å². The molecule has 2 aromatic rings. The second-order valence-electron chi connectivity index (χ2n) is 5.28.